The Morgan fingerprint density at radius 2 is 2.23 bits per heavy atom. The van der Waals surface area contributed by atoms with Gasteiger partial charge in [0.25, 0.3) is 0 Å². The van der Waals surface area contributed by atoms with Crippen molar-refractivity contribution in [3.63, 3.8) is 0 Å². The molecular weight excluding hydrogens is 378 g/mol. The number of aromatic nitrogens is 4. The Bertz CT molecular complexity index is 932. The quantitative estimate of drug-likeness (QED) is 0.692. The average molecular weight is 399 g/mol. The van der Waals surface area contributed by atoms with E-state index in [4.69, 9.17) is 0 Å². The molecule has 0 spiro atoms. The summed E-state index contributed by atoms with van der Waals surface area (Å²) in [7, 11) is -3.12. The summed E-state index contributed by atoms with van der Waals surface area (Å²) in [6.45, 7) is 3.56. The summed E-state index contributed by atoms with van der Waals surface area (Å²) in [6, 6.07) is 3.05. The lowest BCUT2D eigenvalue weighted by Crippen LogP contribution is -2.48. The van der Waals surface area contributed by atoms with Gasteiger partial charge in [-0.15, -0.1) is 11.3 Å². The lowest BCUT2D eigenvalue weighted by molar-refractivity contribution is -0.136. The summed E-state index contributed by atoms with van der Waals surface area (Å²) in [5.41, 5.74) is -0.496. The largest absolute Gasteiger partial charge is 0.369 e. The molecule has 0 aliphatic carbocycles. The predicted molar refractivity (Wildman–Crippen MR) is 97.2 cm³/mol. The molecule has 2 atom stereocenters. The van der Waals surface area contributed by atoms with Crippen LogP contribution in [0.25, 0.3) is 5.00 Å². The maximum atomic E-state index is 12.9. The Balaban J connectivity index is 1.81. The van der Waals surface area contributed by atoms with Crippen molar-refractivity contribution in [2.45, 2.75) is 45.3 Å². The van der Waals surface area contributed by atoms with E-state index in [1.165, 1.54) is 11.3 Å². The molecule has 0 radical (unpaired) electrons. The minimum Gasteiger partial charge on any atom is -0.334 e. The van der Waals surface area contributed by atoms with Crippen molar-refractivity contribution in [2.75, 3.05) is 11.5 Å². The summed E-state index contributed by atoms with van der Waals surface area (Å²) in [5.74, 6) is -0.256. The van der Waals surface area contributed by atoms with E-state index in [0.29, 0.717) is 17.8 Å². The highest BCUT2D eigenvalue weighted by atomic mass is 32.2. The molecular formula is C15H21N5O4S2. The van der Waals surface area contributed by atoms with Gasteiger partial charge in [-0.05, 0) is 47.7 Å². The molecule has 2 unspecified atom stereocenters. The molecule has 9 nitrogen and oxygen atoms in total. The van der Waals surface area contributed by atoms with E-state index in [-0.39, 0.29) is 36.0 Å². The van der Waals surface area contributed by atoms with Gasteiger partial charge in [0.15, 0.2) is 9.84 Å². The number of hydrogen-bond acceptors (Lipinski definition) is 7. The van der Waals surface area contributed by atoms with Crippen LogP contribution in [-0.2, 0) is 21.2 Å². The van der Waals surface area contributed by atoms with Crippen LogP contribution in [-0.4, -0.2) is 62.6 Å². The van der Waals surface area contributed by atoms with Gasteiger partial charge in [-0.25, -0.2) is 13.2 Å². The third-order valence-corrected chi connectivity index (χ3v) is 7.19. The molecule has 1 amide bonds. The molecule has 1 aliphatic heterocycles. The topological polar surface area (TPSA) is 107 Å². The minimum atomic E-state index is -3.12. The number of rotatable bonds is 6. The molecule has 1 aliphatic rings. The lowest BCUT2D eigenvalue weighted by Gasteiger charge is -2.33. The van der Waals surface area contributed by atoms with Gasteiger partial charge in [0, 0.05) is 12.1 Å². The molecule has 3 rings (SSSR count). The molecule has 1 fully saturated rings. The first-order valence-electron chi connectivity index (χ1n) is 8.40. The minimum absolute atomic E-state index is 0.0279. The van der Waals surface area contributed by atoms with Crippen LogP contribution in [0.5, 0.6) is 0 Å². The van der Waals surface area contributed by atoms with E-state index < -0.39 is 15.5 Å². The van der Waals surface area contributed by atoms with Gasteiger partial charge in [0.1, 0.15) is 11.5 Å². The van der Waals surface area contributed by atoms with Gasteiger partial charge in [0.05, 0.1) is 11.5 Å². The number of amides is 1. The zero-order valence-corrected chi connectivity index (χ0v) is 16.2. The smallest absolute Gasteiger partial charge is 0.334 e. The number of carbonyl (C=O) groups excluding carboxylic acids is 1. The first-order chi connectivity index (χ1) is 12.3. The molecule has 0 aromatic carbocycles. The van der Waals surface area contributed by atoms with E-state index in [1.54, 1.807) is 17.0 Å². The third-order valence-electron chi connectivity index (χ3n) is 4.59. The predicted octanol–water partition coefficient (Wildman–Crippen LogP) is 0.305. The van der Waals surface area contributed by atoms with E-state index in [1.807, 2.05) is 19.2 Å². The first-order valence-corrected chi connectivity index (χ1v) is 11.1. The van der Waals surface area contributed by atoms with Gasteiger partial charge in [-0.2, -0.15) is 9.36 Å². The van der Waals surface area contributed by atoms with Crippen molar-refractivity contribution >= 4 is 27.1 Å². The van der Waals surface area contributed by atoms with Crippen LogP contribution < -0.4 is 5.69 Å². The standard InChI is InChI=1S/C15H21N5O4S2/c1-3-11(2)19(12-6-8-26(23,24)10-12)13(21)9-18-15(22)20(17-16-18)14-5-4-7-25-14/h4-5,7,11-12H,3,6,8-10H2,1-2H3. The maximum absolute atomic E-state index is 12.9. The fourth-order valence-electron chi connectivity index (χ4n) is 3.11. The normalized spacial score (nSPS) is 20.2. The second kappa shape index (κ2) is 7.31. The van der Waals surface area contributed by atoms with E-state index in [2.05, 4.69) is 10.4 Å². The van der Waals surface area contributed by atoms with Crippen LogP contribution in [0.4, 0.5) is 0 Å². The van der Waals surface area contributed by atoms with Crippen LogP contribution in [0.2, 0.25) is 0 Å². The highest BCUT2D eigenvalue weighted by molar-refractivity contribution is 7.91. The molecule has 2 aromatic rings. The van der Waals surface area contributed by atoms with E-state index in [9.17, 15) is 18.0 Å². The van der Waals surface area contributed by atoms with Crippen LogP contribution in [0.15, 0.2) is 22.3 Å². The Labute approximate surface area is 155 Å². The molecule has 142 valence electrons. The van der Waals surface area contributed by atoms with Crippen molar-refractivity contribution in [3.05, 3.63) is 28.0 Å². The molecule has 2 aromatic heterocycles. The number of nitrogens with zero attached hydrogens (tertiary/aromatic N) is 5. The average Bonchev–Trinajstić information content (AvgIpc) is 3.30. The lowest BCUT2D eigenvalue weighted by atomic mass is 10.1. The number of thiophene rings is 1. The number of hydrogen-bond donors (Lipinski definition) is 0. The summed E-state index contributed by atoms with van der Waals surface area (Å²) in [6.07, 6.45) is 1.12. The van der Waals surface area contributed by atoms with Crippen LogP contribution in [0.1, 0.15) is 26.7 Å². The molecule has 0 bridgehead atoms. The molecule has 26 heavy (non-hydrogen) atoms. The number of carbonyl (C=O) groups is 1. The van der Waals surface area contributed by atoms with Crippen molar-refractivity contribution < 1.29 is 13.2 Å². The fraction of sp³-hybridized carbons (Fsp3) is 0.600. The van der Waals surface area contributed by atoms with Crippen molar-refractivity contribution in [1.29, 1.82) is 0 Å². The maximum Gasteiger partial charge on any atom is 0.369 e. The van der Waals surface area contributed by atoms with Crippen molar-refractivity contribution in [1.82, 2.24) is 24.7 Å². The second-order valence-electron chi connectivity index (χ2n) is 6.40. The highest BCUT2D eigenvalue weighted by Crippen LogP contribution is 2.21. The number of tetrazole rings is 1. The second-order valence-corrected chi connectivity index (χ2v) is 9.55. The van der Waals surface area contributed by atoms with Crippen molar-refractivity contribution in [3.8, 4) is 5.00 Å². The van der Waals surface area contributed by atoms with Crippen LogP contribution >= 0.6 is 11.3 Å². The van der Waals surface area contributed by atoms with Gasteiger partial charge in [-0.3, -0.25) is 4.79 Å². The monoisotopic (exact) mass is 399 g/mol. The summed E-state index contributed by atoms with van der Waals surface area (Å²) in [4.78, 5) is 26.9. The Hall–Kier alpha value is -2.01. The summed E-state index contributed by atoms with van der Waals surface area (Å²) in [5, 5.41) is 10.0. The Morgan fingerprint density at radius 3 is 2.81 bits per heavy atom. The van der Waals surface area contributed by atoms with Crippen molar-refractivity contribution in [2.24, 2.45) is 0 Å². The SMILES string of the molecule is CCC(C)N(C(=O)Cn1nnn(-c2cccs2)c1=O)C1CCS(=O)(=O)C1. The summed E-state index contributed by atoms with van der Waals surface area (Å²) >= 11 is 1.34. The van der Waals surface area contributed by atoms with Gasteiger partial charge >= 0.3 is 5.69 Å². The van der Waals surface area contributed by atoms with E-state index in [0.717, 1.165) is 9.36 Å². The molecule has 3 heterocycles. The fourth-order valence-corrected chi connectivity index (χ4v) is 5.49. The highest BCUT2D eigenvalue weighted by Gasteiger charge is 2.36. The zero-order chi connectivity index (χ0) is 18.9. The molecule has 0 saturated carbocycles. The molecule has 11 heteroatoms. The zero-order valence-electron chi connectivity index (χ0n) is 14.6. The Morgan fingerprint density at radius 1 is 1.46 bits per heavy atom. The van der Waals surface area contributed by atoms with Gasteiger partial charge in [-0.1, -0.05) is 6.92 Å². The Kier molecular flexibility index (Phi) is 5.28. The first kappa shape index (κ1) is 18.8. The van der Waals surface area contributed by atoms with E-state index >= 15 is 0 Å². The van der Waals surface area contributed by atoms with Crippen LogP contribution in [0.3, 0.4) is 0 Å². The van der Waals surface area contributed by atoms with Gasteiger partial charge < -0.3 is 4.90 Å². The van der Waals surface area contributed by atoms with Gasteiger partial charge in [0.2, 0.25) is 5.91 Å². The molecule has 1 saturated heterocycles. The summed E-state index contributed by atoms with van der Waals surface area (Å²) < 4.78 is 25.8. The van der Waals surface area contributed by atoms with Crippen LogP contribution in [0, 0.1) is 0 Å². The molecule has 0 N–H and O–H groups in total. The number of sulfone groups is 1. The third kappa shape index (κ3) is 3.73.